The lowest BCUT2D eigenvalue weighted by atomic mass is 10.2. The van der Waals surface area contributed by atoms with E-state index in [1.807, 2.05) is 36.4 Å². The Hall–Kier alpha value is -3.13. The van der Waals surface area contributed by atoms with E-state index in [4.69, 9.17) is 9.15 Å². The third-order valence-electron chi connectivity index (χ3n) is 3.44. The van der Waals surface area contributed by atoms with Gasteiger partial charge in [-0.15, -0.1) is 10.2 Å². The van der Waals surface area contributed by atoms with Gasteiger partial charge in [0.1, 0.15) is 12.4 Å². The number of nitrogens with one attached hydrogen (secondary N) is 1. The molecule has 0 radical (unpaired) electrons. The van der Waals surface area contributed by atoms with Crippen LogP contribution in [0.3, 0.4) is 0 Å². The van der Waals surface area contributed by atoms with Crippen LogP contribution >= 0.6 is 11.8 Å². The zero-order valence-corrected chi connectivity index (χ0v) is 15.1. The number of carbonyl (C=O) groups is 2. The lowest BCUT2D eigenvalue weighted by molar-refractivity contribution is -0.141. The van der Waals surface area contributed by atoms with Gasteiger partial charge in [0.25, 0.3) is 11.1 Å². The van der Waals surface area contributed by atoms with Crippen LogP contribution < -0.4 is 5.32 Å². The summed E-state index contributed by atoms with van der Waals surface area (Å²) in [6.45, 7) is 0.334. The second-order valence-corrected chi connectivity index (χ2v) is 6.37. The summed E-state index contributed by atoms with van der Waals surface area (Å²) in [6.07, 6.45) is 0. The van der Waals surface area contributed by atoms with Crippen LogP contribution in [0.2, 0.25) is 0 Å². The second-order valence-electron chi connectivity index (χ2n) is 5.45. The number of carbonyl (C=O) groups excluding carboxylic acids is 2. The van der Waals surface area contributed by atoms with Crippen LogP contribution in [0.4, 0.5) is 0 Å². The van der Waals surface area contributed by atoms with Crippen LogP contribution in [0, 0.1) is 0 Å². The van der Waals surface area contributed by atoms with Crippen molar-refractivity contribution in [2.45, 2.75) is 18.4 Å². The Bertz CT molecular complexity index is 884. The Morgan fingerprint density at radius 3 is 2.44 bits per heavy atom. The molecule has 0 bridgehead atoms. The minimum absolute atomic E-state index is 0.0604. The summed E-state index contributed by atoms with van der Waals surface area (Å²) < 4.78 is 10.6. The number of ether oxygens (including phenoxy) is 1. The van der Waals surface area contributed by atoms with Crippen LogP contribution in [0.1, 0.15) is 21.8 Å². The van der Waals surface area contributed by atoms with Crippen LogP contribution in [0.5, 0.6) is 0 Å². The number of nitrogens with zero attached hydrogens (tertiary/aromatic N) is 2. The van der Waals surface area contributed by atoms with Crippen LogP contribution in [-0.2, 0) is 22.7 Å². The first kappa shape index (κ1) is 18.7. The zero-order chi connectivity index (χ0) is 18.9. The van der Waals surface area contributed by atoms with E-state index in [0.717, 1.165) is 17.3 Å². The number of hydrogen-bond donors (Lipinski definition) is 1. The lowest BCUT2D eigenvalue weighted by Crippen LogP contribution is -2.22. The van der Waals surface area contributed by atoms with Crippen LogP contribution in [0.15, 0.2) is 70.3 Å². The highest BCUT2D eigenvalue weighted by Crippen LogP contribution is 2.16. The van der Waals surface area contributed by atoms with Gasteiger partial charge in [-0.05, 0) is 17.7 Å². The van der Waals surface area contributed by atoms with Crippen molar-refractivity contribution in [1.82, 2.24) is 15.5 Å². The Balaban J connectivity index is 1.40. The molecule has 3 rings (SSSR count). The van der Waals surface area contributed by atoms with E-state index < -0.39 is 0 Å². The fraction of sp³-hybridized carbons (Fsp3) is 0.158. The van der Waals surface area contributed by atoms with Gasteiger partial charge in [-0.1, -0.05) is 60.3 Å². The minimum Gasteiger partial charge on any atom is -0.460 e. The number of benzene rings is 2. The molecular formula is C19H17N3O4S. The molecule has 0 aliphatic rings. The number of hydrogen-bond acceptors (Lipinski definition) is 7. The van der Waals surface area contributed by atoms with Gasteiger partial charge in [-0.25, -0.2) is 0 Å². The first-order chi connectivity index (χ1) is 13.2. The van der Waals surface area contributed by atoms with E-state index in [-0.39, 0.29) is 41.9 Å². The molecule has 27 heavy (non-hydrogen) atoms. The summed E-state index contributed by atoms with van der Waals surface area (Å²) in [5, 5.41) is 10.6. The summed E-state index contributed by atoms with van der Waals surface area (Å²) in [6, 6.07) is 18.3. The fourth-order valence-corrected chi connectivity index (χ4v) is 2.69. The highest BCUT2D eigenvalue weighted by molar-refractivity contribution is 7.99. The predicted molar refractivity (Wildman–Crippen MR) is 98.9 cm³/mol. The first-order valence-corrected chi connectivity index (χ1v) is 9.17. The molecule has 8 heteroatoms. The Morgan fingerprint density at radius 2 is 1.70 bits per heavy atom. The standard InChI is InChI=1S/C19H17N3O4S/c23-17(25-12-14-7-3-1-4-8-14)13-27-19-22-21-16(26-19)11-20-18(24)15-9-5-2-6-10-15/h1-10H,11-13H2,(H,20,24). The quantitative estimate of drug-likeness (QED) is 0.472. The molecule has 0 saturated carbocycles. The maximum Gasteiger partial charge on any atom is 0.316 e. The monoisotopic (exact) mass is 383 g/mol. The fourth-order valence-electron chi connectivity index (χ4n) is 2.12. The molecule has 0 saturated heterocycles. The lowest BCUT2D eigenvalue weighted by Gasteiger charge is -2.03. The van der Waals surface area contributed by atoms with Crippen LogP contribution in [-0.4, -0.2) is 27.8 Å². The highest BCUT2D eigenvalue weighted by atomic mass is 32.2. The van der Waals surface area contributed by atoms with Gasteiger partial charge in [-0.2, -0.15) is 0 Å². The van der Waals surface area contributed by atoms with Gasteiger partial charge >= 0.3 is 5.97 Å². The molecule has 138 valence electrons. The van der Waals surface area contributed by atoms with Crippen molar-refractivity contribution in [3.05, 3.63) is 77.7 Å². The average molecular weight is 383 g/mol. The minimum atomic E-state index is -0.374. The van der Waals surface area contributed by atoms with E-state index in [1.165, 1.54) is 0 Å². The Kier molecular flexibility index (Phi) is 6.59. The molecule has 2 aromatic carbocycles. The molecule has 1 heterocycles. The highest BCUT2D eigenvalue weighted by Gasteiger charge is 2.12. The number of amides is 1. The molecule has 0 unspecified atom stereocenters. The van der Waals surface area contributed by atoms with Gasteiger partial charge in [-0.3, -0.25) is 9.59 Å². The predicted octanol–water partition coefficient (Wildman–Crippen LogP) is 2.84. The van der Waals surface area contributed by atoms with Crippen molar-refractivity contribution >= 4 is 23.6 Å². The number of thioether (sulfide) groups is 1. The van der Waals surface area contributed by atoms with Crippen molar-refractivity contribution in [3.63, 3.8) is 0 Å². The van der Waals surface area contributed by atoms with Gasteiger partial charge < -0.3 is 14.5 Å². The molecule has 1 amide bonds. The third kappa shape index (κ3) is 5.96. The Morgan fingerprint density at radius 1 is 1.00 bits per heavy atom. The number of rotatable bonds is 8. The molecular weight excluding hydrogens is 366 g/mol. The summed E-state index contributed by atoms with van der Waals surface area (Å²) >= 11 is 1.09. The first-order valence-electron chi connectivity index (χ1n) is 8.18. The largest absolute Gasteiger partial charge is 0.460 e. The zero-order valence-electron chi connectivity index (χ0n) is 14.3. The third-order valence-corrected chi connectivity index (χ3v) is 4.23. The number of esters is 1. The molecule has 0 aliphatic heterocycles. The van der Waals surface area contributed by atoms with E-state index in [1.54, 1.807) is 24.3 Å². The van der Waals surface area contributed by atoms with Crippen LogP contribution in [0.25, 0.3) is 0 Å². The second kappa shape index (κ2) is 9.54. The van der Waals surface area contributed by atoms with E-state index in [2.05, 4.69) is 15.5 Å². The molecule has 0 fully saturated rings. The number of aromatic nitrogens is 2. The topological polar surface area (TPSA) is 94.3 Å². The van der Waals surface area contributed by atoms with Crippen molar-refractivity contribution in [2.24, 2.45) is 0 Å². The van der Waals surface area contributed by atoms with Crippen molar-refractivity contribution in [2.75, 3.05) is 5.75 Å². The van der Waals surface area contributed by atoms with Crippen molar-refractivity contribution in [1.29, 1.82) is 0 Å². The Labute approximate surface area is 160 Å². The van der Waals surface area contributed by atoms with E-state index >= 15 is 0 Å². The van der Waals surface area contributed by atoms with Gasteiger partial charge in [0, 0.05) is 5.56 Å². The summed E-state index contributed by atoms with van der Waals surface area (Å²) in [4.78, 5) is 23.7. The maximum atomic E-state index is 12.0. The molecule has 0 aliphatic carbocycles. The maximum absolute atomic E-state index is 12.0. The van der Waals surface area contributed by atoms with E-state index in [9.17, 15) is 9.59 Å². The molecule has 3 aromatic rings. The van der Waals surface area contributed by atoms with Gasteiger partial charge in [0.05, 0.1) is 6.54 Å². The van der Waals surface area contributed by atoms with Crippen molar-refractivity contribution in [3.8, 4) is 0 Å². The van der Waals surface area contributed by atoms with Gasteiger partial charge in [0.2, 0.25) is 5.89 Å². The SMILES string of the molecule is O=C(CSc1nnc(CNC(=O)c2ccccc2)o1)OCc1ccccc1. The molecule has 1 aromatic heterocycles. The van der Waals surface area contributed by atoms with Crippen molar-refractivity contribution < 1.29 is 18.7 Å². The van der Waals surface area contributed by atoms with E-state index in [0.29, 0.717) is 5.56 Å². The summed E-state index contributed by atoms with van der Waals surface area (Å²) in [7, 11) is 0. The summed E-state index contributed by atoms with van der Waals surface area (Å²) in [5.74, 6) is -0.280. The molecule has 0 atom stereocenters. The van der Waals surface area contributed by atoms with Gasteiger partial charge in [0.15, 0.2) is 0 Å². The normalized spacial score (nSPS) is 10.4. The summed E-state index contributed by atoms with van der Waals surface area (Å²) in [5.41, 5.74) is 1.47. The average Bonchev–Trinajstić information content (AvgIpc) is 3.18. The molecule has 0 spiro atoms. The molecule has 7 nitrogen and oxygen atoms in total. The molecule has 1 N–H and O–H groups in total. The smallest absolute Gasteiger partial charge is 0.316 e.